The van der Waals surface area contributed by atoms with Gasteiger partial charge in [0.15, 0.2) is 11.6 Å². The van der Waals surface area contributed by atoms with Gasteiger partial charge < -0.3 is 104 Å². The number of H-pyrrole nitrogens is 4. The number of alkyl carbamates (subject to hydrolysis) is 4. The number of nitrogens with one attached hydrogen (secondary N) is 9. The summed E-state index contributed by atoms with van der Waals surface area (Å²) in [6.45, 7) is 15.2. The topological polar surface area (TPSA) is 415 Å². The molecule has 33 nitrogen and oxygen atoms in total. The summed E-state index contributed by atoms with van der Waals surface area (Å²) in [7, 11) is 5.01. The lowest BCUT2D eigenvalue weighted by molar-refractivity contribution is -0.257. The van der Waals surface area contributed by atoms with Crippen LogP contribution in [0.15, 0.2) is 122 Å². The monoisotopic (exact) mass is 1600 g/mol. The minimum absolute atomic E-state index is 0. The molecule has 33 heteroatoms. The lowest BCUT2D eigenvalue weighted by atomic mass is 10.0. The molecule has 4 aromatic carbocycles. The van der Waals surface area contributed by atoms with Gasteiger partial charge in [-0.2, -0.15) is 0 Å². The normalized spacial score (nSPS) is 19.6. The van der Waals surface area contributed by atoms with E-state index in [-0.39, 0.29) is 61.7 Å². The molecular formula is C83H106N16O17. The zero-order valence-corrected chi connectivity index (χ0v) is 66.2. The van der Waals surface area contributed by atoms with E-state index >= 15 is 0 Å². The zero-order valence-electron chi connectivity index (χ0n) is 66.2. The van der Waals surface area contributed by atoms with Crippen LogP contribution in [0.3, 0.4) is 0 Å². The number of ether oxygens (including phenoxy) is 8. The lowest BCUT2D eigenvalue weighted by Gasteiger charge is -2.33. The van der Waals surface area contributed by atoms with Crippen LogP contribution in [0.1, 0.15) is 148 Å². The number of hydrogen-bond acceptors (Lipinski definition) is 21. The third-order valence-corrected chi connectivity index (χ3v) is 21.5. The summed E-state index contributed by atoms with van der Waals surface area (Å²) in [5.41, 5.74) is 11.7. The Hall–Kier alpha value is -11.5. The number of carboxylic acid groups (broad SMARTS) is 1. The number of hydrogen-bond donors (Lipinski definition) is 10. The first-order chi connectivity index (χ1) is 55.4. The number of carboxylic acids is 1. The molecule has 2 spiro atoms. The molecule has 116 heavy (non-hydrogen) atoms. The first kappa shape index (κ1) is 85.4. The summed E-state index contributed by atoms with van der Waals surface area (Å²) < 4.78 is 42.4. The number of carbonyl (C=O) groups is 8. The molecule has 6 saturated heterocycles. The van der Waals surface area contributed by atoms with Crippen molar-refractivity contribution in [3.63, 3.8) is 0 Å². The van der Waals surface area contributed by atoms with Crippen LogP contribution in [0, 0.1) is 11.8 Å². The number of benzene rings is 4. The van der Waals surface area contributed by atoms with E-state index in [1.54, 1.807) is 29.1 Å². The van der Waals surface area contributed by atoms with Crippen molar-refractivity contribution in [2.45, 2.75) is 160 Å². The van der Waals surface area contributed by atoms with Crippen molar-refractivity contribution >= 4 is 48.1 Å². The van der Waals surface area contributed by atoms with E-state index < -0.39 is 72.1 Å². The molecule has 7 amide bonds. The SMILES string of the molecule is C.COC(=O)N[C@@H](C)C(=O)N1CC2(C[C@H]1c1ncc(-c3ccc(-c4ccc(-c5cnc(C6CCCN6C(=O)[C@@H](NC(=O)OC)C(C)C)[nH]5)cc4)cc3)[nH]1)OCCCO2.COC(=O)N[C@@H](C)C(=O)O.COC(=O)N[C@H](C(=O)N1CCCC1c1ncc(-c2ccc(-c3ccc(-c4cnc([C@@H]5CC6(CN5)OCCCO6)[nH]4)cc3)cc2)[nH]1)C(C)C. The highest BCUT2D eigenvalue weighted by atomic mass is 16.7. The number of rotatable bonds is 20. The minimum atomic E-state index is -1.09. The number of aromatic amines is 4. The molecule has 0 radical (unpaired) electrons. The third-order valence-electron chi connectivity index (χ3n) is 21.5. The molecule has 6 fully saturated rings. The van der Waals surface area contributed by atoms with Gasteiger partial charge in [-0.1, -0.05) is 132 Å². The van der Waals surface area contributed by atoms with Crippen LogP contribution < -0.4 is 26.6 Å². The molecule has 0 aliphatic carbocycles. The van der Waals surface area contributed by atoms with Crippen molar-refractivity contribution in [3.8, 4) is 67.3 Å². The van der Waals surface area contributed by atoms with Gasteiger partial charge in [0, 0.05) is 25.9 Å². The molecule has 10 heterocycles. The van der Waals surface area contributed by atoms with Crippen molar-refractivity contribution < 1.29 is 81.4 Å². The highest BCUT2D eigenvalue weighted by molar-refractivity contribution is 5.88. The standard InChI is InChI=1S/C41H50N8O8.C36H43N7O5.C5H9NO4.CH4/c1-24(2)34(47-40(53)55-5)38(51)48-17-6-8-32(48)35-42-21-30(45-35)28-13-9-26(10-14-28)27-11-15-29(16-12-27)31-22-43-36(46-31)33-20-41(56-18-7-19-57-41)23-49(33)37(50)25(3)44-39(52)54-4;1-22(2)31(42-35(45)46-3)34(44)43-15-4-6-30(43)33-38-20-29(41-33)26-13-9-24(10-14-26)23-7-11-25(12-8-23)28-19-37-32(40-28)27-18-36(21-39-27)47-16-5-17-48-36;1-3(4(7)8)6-5(9)10-2;/h9-16,21-22,24-25,32-34H,6-8,17-20,23H2,1-5H3,(H,42,45)(H,43,46)(H,44,52)(H,47,53);7-14,19-20,22,27,30-31,39H,4-6,15-18,21H2,1-3H3,(H,37,40)(H,38,41)(H,42,45);3H,1-2H3,(H,6,9)(H,7,8);1H4/t25-,32?,33-,34-;27-,30?,31-;3-;/m000./s1. The van der Waals surface area contributed by atoms with E-state index in [1.165, 1.54) is 35.4 Å². The van der Waals surface area contributed by atoms with Crippen LogP contribution in [0.4, 0.5) is 19.2 Å². The quantitative estimate of drug-likeness (QED) is 0.0317. The second kappa shape index (κ2) is 38.3. The van der Waals surface area contributed by atoms with Gasteiger partial charge in [-0.05, 0) is 109 Å². The first-order valence-corrected chi connectivity index (χ1v) is 38.8. The van der Waals surface area contributed by atoms with Crippen LogP contribution in [-0.2, 0) is 57.1 Å². The Morgan fingerprint density at radius 2 is 0.750 bits per heavy atom. The lowest BCUT2D eigenvalue weighted by Crippen LogP contribution is -2.51. The van der Waals surface area contributed by atoms with Crippen molar-refractivity contribution in [3.05, 3.63) is 145 Å². The number of aromatic nitrogens is 8. The molecular weight excluding hydrogens is 1490 g/mol. The fraction of sp³-hybridized carbons (Fsp3) is 0.470. The van der Waals surface area contributed by atoms with Gasteiger partial charge in [-0.3, -0.25) is 19.2 Å². The number of nitrogens with zero attached hydrogens (tertiary/aromatic N) is 7. The largest absolute Gasteiger partial charge is 0.480 e. The number of carbonyl (C=O) groups excluding carboxylic acids is 7. The van der Waals surface area contributed by atoms with E-state index in [2.05, 4.69) is 144 Å². The van der Waals surface area contributed by atoms with E-state index in [9.17, 15) is 38.4 Å². The summed E-state index contributed by atoms with van der Waals surface area (Å²) in [6, 6.07) is 29.3. The Morgan fingerprint density at radius 1 is 0.422 bits per heavy atom. The molecule has 8 aromatic rings. The Bertz CT molecular complexity index is 4660. The highest BCUT2D eigenvalue weighted by Crippen LogP contribution is 2.43. The van der Waals surface area contributed by atoms with E-state index in [4.69, 9.17) is 38.3 Å². The summed E-state index contributed by atoms with van der Waals surface area (Å²) in [4.78, 5) is 135. The average Bonchev–Trinajstić information content (AvgIpc) is 1.60. The Kier molecular flexibility index (Phi) is 28.2. The molecule has 10 N–H and O–H groups in total. The van der Waals surface area contributed by atoms with Crippen molar-refractivity contribution in [2.24, 2.45) is 11.8 Å². The predicted molar refractivity (Wildman–Crippen MR) is 427 cm³/mol. The number of methoxy groups -OCH3 is 4. The second-order valence-electron chi connectivity index (χ2n) is 29.9. The van der Waals surface area contributed by atoms with E-state index in [0.717, 1.165) is 137 Å². The minimum Gasteiger partial charge on any atom is -0.480 e. The number of amides is 7. The fourth-order valence-corrected chi connectivity index (χ4v) is 15.1. The summed E-state index contributed by atoms with van der Waals surface area (Å²) in [5, 5.41) is 21.8. The highest BCUT2D eigenvalue weighted by Gasteiger charge is 2.52. The number of likely N-dealkylation sites (tertiary alicyclic amines) is 3. The van der Waals surface area contributed by atoms with Crippen molar-refractivity contribution in [1.82, 2.24) is 81.2 Å². The van der Waals surface area contributed by atoms with Crippen LogP contribution in [0.2, 0.25) is 0 Å². The van der Waals surface area contributed by atoms with Gasteiger partial charge in [0.05, 0.1) is 140 Å². The number of aliphatic carboxylic acids is 1. The molecule has 0 saturated carbocycles. The maximum absolute atomic E-state index is 13.6. The molecule has 14 rings (SSSR count). The van der Waals surface area contributed by atoms with E-state index in [0.29, 0.717) is 50.9 Å². The maximum Gasteiger partial charge on any atom is 0.407 e. The third kappa shape index (κ3) is 20.0. The molecule has 2 unspecified atom stereocenters. The predicted octanol–water partition coefficient (Wildman–Crippen LogP) is 11.1. The molecule has 0 bridgehead atoms. The van der Waals surface area contributed by atoms with E-state index in [1.807, 2.05) is 69.3 Å². The van der Waals surface area contributed by atoms with Crippen LogP contribution in [-0.4, -0.2) is 225 Å². The Labute approximate surface area is 673 Å². The van der Waals surface area contributed by atoms with Gasteiger partial charge in [-0.25, -0.2) is 39.1 Å². The second-order valence-corrected chi connectivity index (χ2v) is 29.9. The van der Waals surface area contributed by atoms with Crippen LogP contribution in [0.5, 0.6) is 0 Å². The van der Waals surface area contributed by atoms with Crippen molar-refractivity contribution in [2.75, 3.05) is 81.0 Å². The molecule has 6 aliphatic heterocycles. The average molecular weight is 1600 g/mol. The van der Waals surface area contributed by atoms with Gasteiger partial charge in [0.25, 0.3) is 0 Å². The first-order valence-electron chi connectivity index (χ1n) is 38.8. The van der Waals surface area contributed by atoms with Gasteiger partial charge in [0.2, 0.25) is 17.7 Å². The maximum atomic E-state index is 13.6. The fourth-order valence-electron chi connectivity index (χ4n) is 15.1. The summed E-state index contributed by atoms with van der Waals surface area (Å²) in [5.74, 6) is -0.369. The van der Waals surface area contributed by atoms with Crippen LogP contribution >= 0.6 is 0 Å². The molecule has 620 valence electrons. The van der Waals surface area contributed by atoms with Crippen molar-refractivity contribution in [1.29, 1.82) is 0 Å². The Balaban J connectivity index is 0.000000204. The van der Waals surface area contributed by atoms with Gasteiger partial charge >= 0.3 is 30.3 Å². The molecule has 6 aliphatic rings. The summed E-state index contributed by atoms with van der Waals surface area (Å²) in [6.07, 6.45) is 10.7. The summed E-state index contributed by atoms with van der Waals surface area (Å²) >= 11 is 0. The molecule has 8 atom stereocenters. The van der Waals surface area contributed by atoms with Gasteiger partial charge in [-0.15, -0.1) is 0 Å². The number of imidazole rings is 4. The van der Waals surface area contributed by atoms with Crippen LogP contribution in [0.25, 0.3) is 67.3 Å². The Morgan fingerprint density at radius 3 is 1.11 bits per heavy atom. The smallest absolute Gasteiger partial charge is 0.407 e. The molecule has 4 aromatic heterocycles. The van der Waals surface area contributed by atoms with Gasteiger partial charge in [0.1, 0.15) is 47.5 Å². The zero-order chi connectivity index (χ0) is 81.7.